The first-order chi connectivity index (χ1) is 31.2. The number of pyridine rings is 1. The minimum absolute atomic E-state index is 0.0409. The summed E-state index contributed by atoms with van der Waals surface area (Å²) in [6, 6.07) is 10.3. The number of carbonyl (C=O) groups is 3. The van der Waals surface area contributed by atoms with Crippen molar-refractivity contribution in [1.82, 2.24) is 24.6 Å². The molecule has 5 heterocycles. The number of ether oxygens (including phenoxy) is 5. The second kappa shape index (κ2) is 20.5. The fraction of sp³-hybridized carbons (Fsp3) is 0.469. The number of thioether (sulfide) groups is 1. The van der Waals surface area contributed by atoms with Crippen LogP contribution in [0.1, 0.15) is 79.6 Å². The van der Waals surface area contributed by atoms with E-state index in [0.29, 0.717) is 101 Å². The SMILES string of the molecule is C/C=C1\C[C@H]2C=Nc3cc(OCc4cc(OCCN(C)CC(C)(C)SCC(=O)N(C)CC)cc(COc5cc6c(cc5OC)C(=O)N5C/C(=C/C)C[C@H]5C=N6)n4)c(OC)cc3C(=O)N2C1. The molecule has 7 rings (SSSR count). The Bertz CT molecular complexity index is 2280. The third kappa shape index (κ3) is 11.0. The summed E-state index contributed by atoms with van der Waals surface area (Å²) in [6.45, 7) is 13.9. The third-order valence-corrected chi connectivity index (χ3v) is 13.5. The average molecular weight is 908 g/mol. The van der Waals surface area contributed by atoms with Gasteiger partial charge in [-0.2, -0.15) is 0 Å². The zero-order valence-corrected chi connectivity index (χ0v) is 39.8. The molecule has 3 aromatic rings. The Morgan fingerprint density at radius 3 is 1.75 bits per heavy atom. The maximum Gasteiger partial charge on any atom is 0.257 e. The Morgan fingerprint density at radius 2 is 1.29 bits per heavy atom. The first kappa shape index (κ1) is 47.1. The molecule has 1 aromatic heterocycles. The molecule has 0 spiro atoms. The van der Waals surface area contributed by atoms with Gasteiger partial charge in [-0.15, -0.1) is 11.8 Å². The van der Waals surface area contributed by atoms with E-state index in [1.54, 1.807) is 55.1 Å². The fourth-order valence-electron chi connectivity index (χ4n) is 8.32. The van der Waals surface area contributed by atoms with E-state index >= 15 is 0 Å². The highest BCUT2D eigenvalue weighted by molar-refractivity contribution is 8.01. The van der Waals surface area contributed by atoms with Crippen LogP contribution in [0.2, 0.25) is 0 Å². The molecule has 346 valence electrons. The monoisotopic (exact) mass is 907 g/mol. The number of aliphatic imine (C=N–C) groups is 2. The van der Waals surface area contributed by atoms with Crippen molar-refractivity contribution in [1.29, 1.82) is 0 Å². The Kier molecular flexibility index (Phi) is 14.9. The lowest BCUT2D eigenvalue weighted by Crippen LogP contribution is -2.38. The van der Waals surface area contributed by atoms with Crippen molar-refractivity contribution in [3.63, 3.8) is 0 Å². The van der Waals surface area contributed by atoms with E-state index in [4.69, 9.17) is 38.7 Å². The number of fused-ring (bicyclic) bond motifs is 4. The van der Waals surface area contributed by atoms with Gasteiger partial charge in [-0.1, -0.05) is 23.3 Å². The minimum atomic E-state index is -0.158. The predicted octanol–water partition coefficient (Wildman–Crippen LogP) is 7.31. The molecular formula is C49H61N7O8S. The summed E-state index contributed by atoms with van der Waals surface area (Å²) >= 11 is 1.65. The molecule has 2 atom stereocenters. The van der Waals surface area contributed by atoms with Crippen molar-refractivity contribution in [3.8, 4) is 28.7 Å². The van der Waals surface area contributed by atoms with Crippen LogP contribution < -0.4 is 23.7 Å². The van der Waals surface area contributed by atoms with Crippen molar-refractivity contribution < 1.29 is 38.1 Å². The van der Waals surface area contributed by atoms with Crippen molar-refractivity contribution >= 4 is 53.3 Å². The fourth-order valence-corrected chi connectivity index (χ4v) is 9.37. The lowest BCUT2D eigenvalue weighted by molar-refractivity contribution is -0.126. The normalized spacial score (nSPS) is 18.9. The summed E-state index contributed by atoms with van der Waals surface area (Å²) in [5.74, 6) is 2.54. The van der Waals surface area contributed by atoms with E-state index in [-0.39, 0.29) is 47.8 Å². The summed E-state index contributed by atoms with van der Waals surface area (Å²) in [4.78, 5) is 61.8. The molecule has 2 fully saturated rings. The maximum atomic E-state index is 13.7. The standard InChI is InChI=1S/C49H61N7O8S/c1-10-31-15-35-23-50-40-21-44(42(60-8)19-38(40)47(58)55(35)25-31)63-27-33-17-37(62-14-13-53(6)30-49(4,5)65-29-46(57)54(7)12-3)18-34(52-33)28-64-45-22-41-39(20-43(45)61-9)48(59)56-26-32(11-2)16-36(56)24-51-41/h10-11,17-24,35-36H,12-16,25-30H2,1-9H3/b31-10+,32-11+/t35-,36-/m0/s1. The Labute approximate surface area is 386 Å². The van der Waals surface area contributed by atoms with Gasteiger partial charge in [0.2, 0.25) is 5.91 Å². The zero-order valence-electron chi connectivity index (χ0n) is 39.0. The van der Waals surface area contributed by atoms with Crippen LogP contribution in [0.15, 0.2) is 69.7 Å². The number of aromatic nitrogens is 1. The number of rotatable bonds is 18. The molecule has 4 aliphatic rings. The average Bonchev–Trinajstić information content (AvgIpc) is 3.87. The van der Waals surface area contributed by atoms with Crippen LogP contribution in [-0.4, -0.2) is 145 Å². The molecule has 0 unspecified atom stereocenters. The number of methoxy groups -OCH3 is 2. The van der Waals surface area contributed by atoms with Crippen LogP contribution in [-0.2, 0) is 18.0 Å². The van der Waals surface area contributed by atoms with Gasteiger partial charge >= 0.3 is 0 Å². The largest absolute Gasteiger partial charge is 0.493 e. The minimum Gasteiger partial charge on any atom is -0.493 e. The van der Waals surface area contributed by atoms with Crippen LogP contribution in [0, 0.1) is 0 Å². The molecule has 3 amide bonds. The molecule has 0 radical (unpaired) electrons. The highest BCUT2D eigenvalue weighted by atomic mass is 32.2. The van der Waals surface area contributed by atoms with Gasteiger partial charge in [-0.05, 0) is 66.6 Å². The summed E-state index contributed by atoms with van der Waals surface area (Å²) in [7, 11) is 6.95. The van der Waals surface area contributed by atoms with Crippen LogP contribution in [0.5, 0.6) is 28.7 Å². The summed E-state index contributed by atoms with van der Waals surface area (Å²) < 4.78 is 30.5. The lowest BCUT2D eigenvalue weighted by atomic mass is 10.1. The molecule has 4 aliphatic heterocycles. The van der Waals surface area contributed by atoms with E-state index in [1.807, 2.05) is 69.2 Å². The van der Waals surface area contributed by atoms with Gasteiger partial charge in [0, 0.05) is 81.2 Å². The van der Waals surface area contributed by atoms with E-state index < -0.39 is 0 Å². The maximum absolute atomic E-state index is 13.7. The Hall–Kier alpha value is -5.87. The summed E-state index contributed by atoms with van der Waals surface area (Å²) in [5, 5.41) is 0. The number of amides is 3. The van der Waals surface area contributed by atoms with Crippen molar-refractivity contribution in [2.75, 3.05) is 73.4 Å². The zero-order chi connectivity index (χ0) is 46.4. The topological polar surface area (TPSA) is 148 Å². The number of hydrogen-bond acceptors (Lipinski definition) is 13. The molecule has 0 bridgehead atoms. The second-order valence-electron chi connectivity index (χ2n) is 17.3. The van der Waals surface area contributed by atoms with Gasteiger partial charge in [-0.25, -0.2) is 0 Å². The predicted molar refractivity (Wildman–Crippen MR) is 254 cm³/mol. The lowest BCUT2D eigenvalue weighted by Gasteiger charge is -2.30. The van der Waals surface area contributed by atoms with Gasteiger partial charge in [0.25, 0.3) is 11.8 Å². The van der Waals surface area contributed by atoms with Crippen LogP contribution in [0.4, 0.5) is 11.4 Å². The molecule has 2 saturated heterocycles. The smallest absolute Gasteiger partial charge is 0.257 e. The highest BCUT2D eigenvalue weighted by Crippen LogP contribution is 2.41. The van der Waals surface area contributed by atoms with E-state index in [0.717, 1.165) is 19.4 Å². The van der Waals surface area contributed by atoms with E-state index in [1.165, 1.54) is 11.1 Å². The molecule has 2 aromatic carbocycles. The van der Waals surface area contributed by atoms with Crippen molar-refractivity contribution in [3.05, 3.63) is 82.2 Å². The van der Waals surface area contributed by atoms with Gasteiger partial charge in [0.05, 0.1) is 65.9 Å². The number of hydrogen-bond donors (Lipinski definition) is 0. The number of carbonyl (C=O) groups excluding carboxylic acids is 3. The van der Waals surface area contributed by atoms with E-state index in [2.05, 4.69) is 30.9 Å². The molecule has 0 N–H and O–H groups in total. The van der Waals surface area contributed by atoms with Crippen LogP contribution in [0.3, 0.4) is 0 Å². The summed E-state index contributed by atoms with van der Waals surface area (Å²) in [5.41, 5.74) is 5.46. The Balaban J connectivity index is 1.09. The van der Waals surface area contributed by atoms with Crippen molar-refractivity contribution in [2.24, 2.45) is 9.98 Å². The second-order valence-corrected chi connectivity index (χ2v) is 19.0. The molecule has 16 heteroatoms. The van der Waals surface area contributed by atoms with Gasteiger partial charge in [-0.3, -0.25) is 29.4 Å². The van der Waals surface area contributed by atoms with Gasteiger partial charge in [0.1, 0.15) is 25.6 Å². The van der Waals surface area contributed by atoms with Crippen molar-refractivity contribution in [2.45, 2.75) is 77.5 Å². The molecule has 0 saturated carbocycles. The molecule has 65 heavy (non-hydrogen) atoms. The van der Waals surface area contributed by atoms with Crippen LogP contribution in [0.25, 0.3) is 0 Å². The number of benzene rings is 2. The first-order valence-corrected chi connectivity index (χ1v) is 23.1. The third-order valence-electron chi connectivity index (χ3n) is 12.2. The number of likely N-dealkylation sites (N-methyl/N-ethyl adjacent to an activating group) is 1. The quantitative estimate of drug-likeness (QED) is 0.118. The Morgan fingerprint density at radius 1 is 0.785 bits per heavy atom. The first-order valence-electron chi connectivity index (χ1n) is 22.1. The molecule has 15 nitrogen and oxygen atoms in total. The highest BCUT2D eigenvalue weighted by Gasteiger charge is 2.36. The number of allylic oxidation sites excluding steroid dienone is 2. The molecule has 0 aliphatic carbocycles. The van der Waals surface area contributed by atoms with E-state index in [9.17, 15) is 14.4 Å². The summed E-state index contributed by atoms with van der Waals surface area (Å²) in [6.07, 6.45) is 9.31. The van der Waals surface area contributed by atoms with Crippen LogP contribution >= 0.6 is 11.8 Å². The van der Waals surface area contributed by atoms with Gasteiger partial charge in [0.15, 0.2) is 23.0 Å². The molecular weight excluding hydrogens is 847 g/mol. The van der Waals surface area contributed by atoms with Gasteiger partial charge < -0.3 is 43.3 Å². The number of nitrogens with zero attached hydrogens (tertiary/aromatic N) is 7.